The summed E-state index contributed by atoms with van der Waals surface area (Å²) in [6.07, 6.45) is 0.998. The van der Waals surface area contributed by atoms with Crippen LogP contribution in [0.3, 0.4) is 0 Å². The van der Waals surface area contributed by atoms with E-state index in [0.717, 1.165) is 5.69 Å². The standard InChI is InChI=1S/C26H36N6O4/c1-26(2,3)36-25(35)32-11-9-18(10-12-32)24(34)31-15-13-30(14-16-31)21-17-20(28-29-23(21)27-4)19-7-5-6-8-22(19)33/h5-8,17-18,33H,9-16H2,1-4H3,(H,27,29). The van der Waals surface area contributed by atoms with Gasteiger partial charge in [-0.05, 0) is 51.8 Å². The third-order valence-electron chi connectivity index (χ3n) is 6.62. The predicted molar refractivity (Wildman–Crippen MR) is 138 cm³/mol. The van der Waals surface area contributed by atoms with Gasteiger partial charge in [0, 0.05) is 57.8 Å². The van der Waals surface area contributed by atoms with Gasteiger partial charge in [0.15, 0.2) is 5.82 Å². The van der Waals surface area contributed by atoms with E-state index in [0.29, 0.717) is 69.2 Å². The van der Waals surface area contributed by atoms with Crippen molar-refractivity contribution in [3.63, 3.8) is 0 Å². The zero-order valence-electron chi connectivity index (χ0n) is 21.5. The van der Waals surface area contributed by atoms with Crippen molar-refractivity contribution in [2.24, 2.45) is 5.92 Å². The highest BCUT2D eigenvalue weighted by atomic mass is 16.6. The van der Waals surface area contributed by atoms with Crippen LogP contribution in [0.4, 0.5) is 16.3 Å². The molecule has 2 aliphatic heterocycles. The fourth-order valence-corrected chi connectivity index (χ4v) is 4.68. The number of carbonyl (C=O) groups is 2. The summed E-state index contributed by atoms with van der Waals surface area (Å²) in [5, 5.41) is 21.9. The van der Waals surface area contributed by atoms with Gasteiger partial charge in [-0.1, -0.05) is 12.1 Å². The quantitative estimate of drug-likeness (QED) is 0.664. The van der Waals surface area contributed by atoms with Gasteiger partial charge in [0.25, 0.3) is 0 Å². The zero-order chi connectivity index (χ0) is 25.9. The van der Waals surface area contributed by atoms with Crippen molar-refractivity contribution in [1.29, 1.82) is 0 Å². The first-order valence-electron chi connectivity index (χ1n) is 12.5. The van der Waals surface area contributed by atoms with E-state index in [9.17, 15) is 14.7 Å². The van der Waals surface area contributed by atoms with Crippen molar-refractivity contribution >= 4 is 23.5 Å². The maximum atomic E-state index is 13.2. The highest BCUT2D eigenvalue weighted by Gasteiger charge is 2.33. The van der Waals surface area contributed by atoms with Crippen LogP contribution in [0.5, 0.6) is 5.75 Å². The van der Waals surface area contributed by atoms with Crippen LogP contribution in [0.2, 0.25) is 0 Å². The number of ether oxygens (including phenoxy) is 1. The number of aromatic hydroxyl groups is 1. The SMILES string of the molecule is CNc1nnc(-c2ccccc2O)cc1N1CCN(C(=O)C2CCN(C(=O)OC(C)(C)C)CC2)CC1. The zero-order valence-corrected chi connectivity index (χ0v) is 21.5. The Morgan fingerprint density at radius 3 is 2.28 bits per heavy atom. The van der Waals surface area contributed by atoms with E-state index in [1.807, 2.05) is 43.9 Å². The molecule has 2 saturated heterocycles. The van der Waals surface area contributed by atoms with Gasteiger partial charge in [-0.15, -0.1) is 10.2 Å². The molecule has 4 rings (SSSR count). The number of phenols is 1. The molecule has 0 saturated carbocycles. The van der Waals surface area contributed by atoms with Crippen LogP contribution < -0.4 is 10.2 Å². The van der Waals surface area contributed by atoms with Crippen molar-refractivity contribution in [3.05, 3.63) is 30.3 Å². The van der Waals surface area contributed by atoms with Crippen molar-refractivity contribution in [2.45, 2.75) is 39.2 Å². The number of hydrogen-bond donors (Lipinski definition) is 2. The summed E-state index contributed by atoms with van der Waals surface area (Å²) in [6.45, 7) is 9.21. The molecular formula is C26H36N6O4. The number of anilines is 2. The van der Waals surface area contributed by atoms with E-state index in [4.69, 9.17) is 4.74 Å². The molecule has 36 heavy (non-hydrogen) atoms. The average Bonchev–Trinajstić information content (AvgIpc) is 2.87. The van der Waals surface area contributed by atoms with Crippen molar-refractivity contribution < 1.29 is 19.4 Å². The molecule has 1 aromatic heterocycles. The molecule has 0 unspecified atom stereocenters. The normalized spacial score (nSPS) is 17.2. The molecule has 0 atom stereocenters. The Balaban J connectivity index is 1.36. The van der Waals surface area contributed by atoms with Crippen LogP contribution in [-0.2, 0) is 9.53 Å². The number of likely N-dealkylation sites (tertiary alicyclic amines) is 1. The molecule has 0 bridgehead atoms. The van der Waals surface area contributed by atoms with Crippen LogP contribution in [0.15, 0.2) is 30.3 Å². The molecule has 2 aliphatic rings. The largest absolute Gasteiger partial charge is 0.507 e. The van der Waals surface area contributed by atoms with E-state index >= 15 is 0 Å². The van der Waals surface area contributed by atoms with E-state index < -0.39 is 5.60 Å². The lowest BCUT2D eigenvalue weighted by atomic mass is 9.95. The van der Waals surface area contributed by atoms with E-state index in [1.54, 1.807) is 24.1 Å². The van der Waals surface area contributed by atoms with Crippen LogP contribution in [0.1, 0.15) is 33.6 Å². The Bertz CT molecular complexity index is 1090. The second-order valence-corrected chi connectivity index (χ2v) is 10.3. The predicted octanol–water partition coefficient (Wildman–Crippen LogP) is 3.19. The Morgan fingerprint density at radius 2 is 1.67 bits per heavy atom. The fourth-order valence-electron chi connectivity index (χ4n) is 4.68. The first-order chi connectivity index (χ1) is 17.2. The minimum Gasteiger partial charge on any atom is -0.507 e. The van der Waals surface area contributed by atoms with Gasteiger partial charge in [0.2, 0.25) is 5.91 Å². The van der Waals surface area contributed by atoms with Gasteiger partial charge in [-0.25, -0.2) is 4.79 Å². The first kappa shape index (κ1) is 25.5. The van der Waals surface area contributed by atoms with Gasteiger partial charge >= 0.3 is 6.09 Å². The van der Waals surface area contributed by atoms with Crippen LogP contribution >= 0.6 is 0 Å². The maximum Gasteiger partial charge on any atom is 0.410 e. The molecule has 10 nitrogen and oxygen atoms in total. The molecular weight excluding hydrogens is 460 g/mol. The number of hydrogen-bond acceptors (Lipinski definition) is 8. The smallest absolute Gasteiger partial charge is 0.410 e. The van der Waals surface area contributed by atoms with Gasteiger partial charge < -0.3 is 29.9 Å². The Morgan fingerprint density at radius 1 is 1.00 bits per heavy atom. The lowest BCUT2D eigenvalue weighted by molar-refractivity contribution is -0.137. The minimum absolute atomic E-state index is 0.0710. The molecule has 194 valence electrons. The van der Waals surface area contributed by atoms with Crippen LogP contribution in [-0.4, -0.2) is 89.0 Å². The van der Waals surface area contributed by atoms with Crippen LogP contribution in [0, 0.1) is 5.92 Å². The second-order valence-electron chi connectivity index (χ2n) is 10.3. The van der Waals surface area contributed by atoms with E-state index in [-0.39, 0.29) is 23.7 Å². The lowest BCUT2D eigenvalue weighted by Crippen LogP contribution is -2.52. The number of piperazine rings is 1. The second kappa shape index (κ2) is 10.6. The number of phenolic OH excluding ortho intramolecular Hbond substituents is 1. The number of aromatic nitrogens is 2. The molecule has 2 N–H and O–H groups in total. The van der Waals surface area contributed by atoms with Gasteiger partial charge in [0.05, 0.1) is 11.4 Å². The van der Waals surface area contributed by atoms with Gasteiger partial charge in [0.1, 0.15) is 11.4 Å². The summed E-state index contributed by atoms with van der Waals surface area (Å²) in [5.74, 6) is 0.903. The highest BCUT2D eigenvalue weighted by Crippen LogP contribution is 2.33. The average molecular weight is 497 g/mol. The summed E-state index contributed by atoms with van der Waals surface area (Å²) in [6, 6.07) is 8.99. The van der Waals surface area contributed by atoms with Crippen molar-refractivity contribution in [3.8, 4) is 17.0 Å². The van der Waals surface area contributed by atoms with Gasteiger partial charge in [-0.2, -0.15) is 0 Å². The van der Waals surface area contributed by atoms with E-state index in [1.165, 1.54) is 0 Å². The summed E-state index contributed by atoms with van der Waals surface area (Å²) < 4.78 is 5.46. The number of carbonyl (C=O) groups excluding carboxylic acids is 2. The third kappa shape index (κ3) is 5.80. The molecule has 3 heterocycles. The molecule has 2 fully saturated rings. The number of rotatable bonds is 4. The number of nitrogens with one attached hydrogen (secondary N) is 1. The number of nitrogens with zero attached hydrogens (tertiary/aromatic N) is 5. The summed E-state index contributed by atoms with van der Waals surface area (Å²) in [7, 11) is 1.80. The summed E-state index contributed by atoms with van der Waals surface area (Å²) in [5.41, 5.74) is 1.59. The van der Waals surface area contributed by atoms with Crippen molar-refractivity contribution in [1.82, 2.24) is 20.0 Å². The molecule has 1 aromatic carbocycles. The molecule has 0 aliphatic carbocycles. The Labute approximate surface area is 212 Å². The number of piperidine rings is 1. The molecule has 0 spiro atoms. The number of para-hydroxylation sites is 1. The summed E-state index contributed by atoms with van der Waals surface area (Å²) >= 11 is 0. The maximum absolute atomic E-state index is 13.2. The lowest BCUT2D eigenvalue weighted by Gasteiger charge is -2.39. The number of amides is 2. The first-order valence-corrected chi connectivity index (χ1v) is 12.5. The molecule has 10 heteroatoms. The van der Waals surface area contributed by atoms with E-state index in [2.05, 4.69) is 20.4 Å². The number of benzene rings is 1. The topological polar surface area (TPSA) is 111 Å². The highest BCUT2D eigenvalue weighted by molar-refractivity contribution is 5.80. The Kier molecular flexibility index (Phi) is 7.51. The molecule has 2 amide bonds. The third-order valence-corrected chi connectivity index (χ3v) is 6.62. The Hall–Kier alpha value is -3.56. The summed E-state index contributed by atoms with van der Waals surface area (Å²) in [4.78, 5) is 31.4. The molecule has 2 aromatic rings. The monoisotopic (exact) mass is 496 g/mol. The van der Waals surface area contributed by atoms with Crippen molar-refractivity contribution in [2.75, 3.05) is 56.5 Å². The van der Waals surface area contributed by atoms with Gasteiger partial charge in [-0.3, -0.25) is 4.79 Å². The van der Waals surface area contributed by atoms with Crippen LogP contribution in [0.25, 0.3) is 11.3 Å². The fraction of sp³-hybridized carbons (Fsp3) is 0.538. The molecule has 0 radical (unpaired) electrons. The minimum atomic E-state index is -0.525.